The Hall–Kier alpha value is -3.32. The number of aliphatic hydroxyl groups is 1. The minimum Gasteiger partial charge on any atom is -0.389 e. The second-order valence-corrected chi connectivity index (χ2v) is 14.9. The van der Waals surface area contributed by atoms with Crippen LogP contribution in [0.15, 0.2) is 53.9 Å². The van der Waals surface area contributed by atoms with Gasteiger partial charge in [0.1, 0.15) is 5.01 Å². The van der Waals surface area contributed by atoms with Crippen molar-refractivity contribution in [1.29, 1.82) is 0 Å². The average molecular weight is 638 g/mol. The molecule has 10 nitrogen and oxygen atoms in total. The van der Waals surface area contributed by atoms with Crippen molar-refractivity contribution < 1.29 is 23.1 Å². The van der Waals surface area contributed by atoms with Crippen LogP contribution in [0.2, 0.25) is 0 Å². The van der Waals surface area contributed by atoms with Crippen LogP contribution in [-0.4, -0.2) is 78.8 Å². The highest BCUT2D eigenvalue weighted by atomic mass is 32.2. The van der Waals surface area contributed by atoms with Crippen molar-refractivity contribution in [3.63, 3.8) is 0 Å². The average Bonchev–Trinajstić information content (AvgIpc) is 3.84. The third kappa shape index (κ3) is 6.53. The normalized spacial score (nSPS) is 22.7. The van der Waals surface area contributed by atoms with Crippen molar-refractivity contribution in [2.24, 2.45) is 0 Å². The van der Waals surface area contributed by atoms with Crippen LogP contribution in [0, 0.1) is 6.92 Å². The quantitative estimate of drug-likeness (QED) is 0.328. The lowest BCUT2D eigenvalue weighted by Crippen LogP contribution is -2.52. The Morgan fingerprint density at radius 2 is 1.89 bits per heavy atom. The van der Waals surface area contributed by atoms with Crippen molar-refractivity contribution in [2.45, 2.75) is 69.7 Å². The van der Waals surface area contributed by atoms with E-state index in [-0.39, 0.29) is 41.4 Å². The number of aryl methyl sites for hydroxylation is 1. The molecule has 0 saturated carbocycles. The van der Waals surface area contributed by atoms with E-state index in [9.17, 15) is 23.1 Å². The monoisotopic (exact) mass is 637 g/mol. The zero-order valence-electron chi connectivity index (χ0n) is 24.8. The zero-order chi connectivity index (χ0) is 30.8. The third-order valence-corrected chi connectivity index (χ3v) is 11.7. The van der Waals surface area contributed by atoms with Gasteiger partial charge in [-0.2, -0.15) is 0 Å². The van der Waals surface area contributed by atoms with Crippen LogP contribution in [0.5, 0.6) is 0 Å². The van der Waals surface area contributed by atoms with E-state index in [2.05, 4.69) is 15.6 Å². The Kier molecular flexibility index (Phi) is 9.04. The number of aliphatic hydroxyl groups excluding tert-OH is 1. The number of nitrogens with zero attached hydrogens (tertiary/aromatic N) is 3. The fourth-order valence-corrected chi connectivity index (χ4v) is 9.05. The number of carbonyl (C=O) groups excluding carboxylic acids is 2. The van der Waals surface area contributed by atoms with Gasteiger partial charge in [0.05, 0.1) is 29.6 Å². The fraction of sp³-hybridized carbons (Fsp3) is 0.469. The van der Waals surface area contributed by atoms with Crippen molar-refractivity contribution in [2.75, 3.05) is 29.7 Å². The molecule has 4 heterocycles. The second kappa shape index (κ2) is 13.0. The van der Waals surface area contributed by atoms with Gasteiger partial charge in [0.2, 0.25) is 10.0 Å². The van der Waals surface area contributed by atoms with E-state index in [1.54, 1.807) is 23.1 Å². The van der Waals surface area contributed by atoms with Crippen LogP contribution < -0.4 is 14.9 Å². The summed E-state index contributed by atoms with van der Waals surface area (Å²) in [5, 5.41) is 20.6. The standard InChI is InChI=1S/C32H39N5O5S2/c1-21-20-43-31(34-21)28-11-6-13-36(28)32(40)24-17-23(18-25(19-24)37-14-7-15-44(37,41)42)30(39)35-27(16-22-8-3-2-4-9-22)29(38)26-10-5-12-33-26/h2-4,8-9,17-20,26-29,33,38H,5-7,10-16H2,1H3,(H,35,39). The van der Waals surface area contributed by atoms with Crippen molar-refractivity contribution in [3.8, 4) is 0 Å². The minimum atomic E-state index is -3.56. The van der Waals surface area contributed by atoms with Gasteiger partial charge in [0.15, 0.2) is 0 Å². The van der Waals surface area contributed by atoms with E-state index in [0.29, 0.717) is 25.1 Å². The van der Waals surface area contributed by atoms with Crippen LogP contribution >= 0.6 is 11.3 Å². The molecular weight excluding hydrogens is 599 g/mol. The molecule has 3 fully saturated rings. The molecule has 4 atom stereocenters. The molecular formula is C32H39N5O5S2. The van der Waals surface area contributed by atoms with Gasteiger partial charge in [-0.25, -0.2) is 13.4 Å². The molecule has 3 aromatic rings. The summed E-state index contributed by atoms with van der Waals surface area (Å²) in [7, 11) is -3.56. The number of thiazole rings is 1. The lowest BCUT2D eigenvalue weighted by molar-refractivity contribution is 0.0733. The molecule has 3 N–H and O–H groups in total. The molecule has 3 aliphatic heterocycles. The van der Waals surface area contributed by atoms with Gasteiger partial charge in [-0.1, -0.05) is 30.3 Å². The molecule has 6 rings (SSSR count). The smallest absolute Gasteiger partial charge is 0.254 e. The lowest BCUT2D eigenvalue weighted by Gasteiger charge is -2.29. The number of likely N-dealkylation sites (tertiary alicyclic amines) is 1. The number of nitrogens with one attached hydrogen (secondary N) is 2. The van der Waals surface area contributed by atoms with E-state index >= 15 is 0 Å². The van der Waals surface area contributed by atoms with Crippen molar-refractivity contribution in [3.05, 3.63) is 81.3 Å². The molecule has 0 bridgehead atoms. The topological polar surface area (TPSA) is 132 Å². The molecule has 234 valence electrons. The highest BCUT2D eigenvalue weighted by molar-refractivity contribution is 7.93. The van der Waals surface area contributed by atoms with Crippen LogP contribution in [-0.2, 0) is 16.4 Å². The molecule has 0 spiro atoms. The predicted octanol–water partition coefficient (Wildman–Crippen LogP) is 3.42. The highest BCUT2D eigenvalue weighted by Crippen LogP contribution is 2.36. The van der Waals surface area contributed by atoms with E-state index in [4.69, 9.17) is 0 Å². The maximum Gasteiger partial charge on any atom is 0.254 e. The van der Waals surface area contributed by atoms with E-state index in [0.717, 1.165) is 48.5 Å². The highest BCUT2D eigenvalue weighted by Gasteiger charge is 2.36. The van der Waals surface area contributed by atoms with E-state index < -0.39 is 28.1 Å². The Labute approximate surface area is 262 Å². The number of benzene rings is 2. The number of aromatic nitrogens is 1. The minimum absolute atomic E-state index is 0.0179. The zero-order valence-corrected chi connectivity index (χ0v) is 26.4. The second-order valence-electron chi connectivity index (χ2n) is 12.0. The molecule has 0 aliphatic carbocycles. The van der Waals surface area contributed by atoms with Gasteiger partial charge in [-0.05, 0) is 75.8 Å². The van der Waals surface area contributed by atoms with Gasteiger partial charge >= 0.3 is 0 Å². The molecule has 3 aliphatic rings. The Balaban J connectivity index is 1.33. The third-order valence-electron chi connectivity index (χ3n) is 8.79. The number of hydrogen-bond acceptors (Lipinski definition) is 8. The first-order valence-corrected chi connectivity index (χ1v) is 17.8. The number of hydrogen-bond donors (Lipinski definition) is 3. The predicted molar refractivity (Wildman–Crippen MR) is 170 cm³/mol. The summed E-state index contributed by atoms with van der Waals surface area (Å²) >= 11 is 1.53. The summed E-state index contributed by atoms with van der Waals surface area (Å²) in [6, 6.07) is 13.4. The Morgan fingerprint density at radius 1 is 1.09 bits per heavy atom. The molecule has 4 unspecified atom stereocenters. The molecule has 44 heavy (non-hydrogen) atoms. The number of anilines is 1. The lowest BCUT2D eigenvalue weighted by atomic mass is 9.95. The van der Waals surface area contributed by atoms with Gasteiger partial charge in [-0.3, -0.25) is 13.9 Å². The SMILES string of the molecule is Cc1csc(C2CCCN2C(=O)c2cc(C(=O)NC(Cc3ccccc3)C(O)C3CCCN3)cc(N3CCCS3(=O)=O)c2)n1. The Bertz CT molecular complexity index is 1610. The molecule has 1 aromatic heterocycles. The van der Waals surface area contributed by atoms with Crippen molar-refractivity contribution in [1.82, 2.24) is 20.5 Å². The molecule has 2 amide bonds. The molecule has 2 aromatic carbocycles. The van der Waals surface area contributed by atoms with Crippen LogP contribution in [0.4, 0.5) is 5.69 Å². The molecule has 12 heteroatoms. The van der Waals surface area contributed by atoms with Gasteiger partial charge in [0.25, 0.3) is 11.8 Å². The summed E-state index contributed by atoms with van der Waals surface area (Å²) < 4.78 is 27.1. The number of rotatable bonds is 9. The summed E-state index contributed by atoms with van der Waals surface area (Å²) in [4.78, 5) is 34.4. The van der Waals surface area contributed by atoms with Crippen LogP contribution in [0.3, 0.4) is 0 Å². The maximum atomic E-state index is 14.0. The van der Waals surface area contributed by atoms with Gasteiger partial charge in [-0.15, -0.1) is 11.3 Å². The molecule has 3 saturated heterocycles. The van der Waals surface area contributed by atoms with Crippen LogP contribution in [0.1, 0.15) is 75.1 Å². The summed E-state index contributed by atoms with van der Waals surface area (Å²) in [5.74, 6) is -0.711. The molecule has 0 radical (unpaired) electrons. The van der Waals surface area contributed by atoms with E-state index in [1.807, 2.05) is 42.6 Å². The number of carbonyl (C=O) groups is 2. The Morgan fingerprint density at radius 3 is 2.57 bits per heavy atom. The summed E-state index contributed by atoms with van der Waals surface area (Å²) in [6.45, 7) is 3.57. The first-order valence-electron chi connectivity index (χ1n) is 15.3. The largest absolute Gasteiger partial charge is 0.389 e. The van der Waals surface area contributed by atoms with Gasteiger partial charge in [0, 0.05) is 41.3 Å². The van der Waals surface area contributed by atoms with Crippen molar-refractivity contribution >= 4 is 38.9 Å². The first kappa shape index (κ1) is 30.7. The maximum absolute atomic E-state index is 14.0. The fourth-order valence-electron chi connectivity index (χ4n) is 6.56. The van der Waals surface area contributed by atoms with E-state index in [1.165, 1.54) is 15.6 Å². The van der Waals surface area contributed by atoms with Gasteiger partial charge < -0.3 is 20.6 Å². The summed E-state index contributed by atoms with van der Waals surface area (Å²) in [6.07, 6.45) is 3.43. The summed E-state index contributed by atoms with van der Waals surface area (Å²) in [5.41, 5.74) is 2.62. The number of sulfonamides is 1. The van der Waals surface area contributed by atoms with Crippen LogP contribution in [0.25, 0.3) is 0 Å². The number of amides is 2. The first-order chi connectivity index (χ1) is 21.2.